The van der Waals surface area contributed by atoms with Crippen molar-refractivity contribution in [3.8, 4) is 16.3 Å². The fourth-order valence-corrected chi connectivity index (χ4v) is 3.83. The van der Waals surface area contributed by atoms with Crippen LogP contribution in [0, 0.1) is 0 Å². The second-order valence-corrected chi connectivity index (χ2v) is 8.01. The van der Waals surface area contributed by atoms with Gasteiger partial charge in [-0.1, -0.05) is 36.4 Å². The van der Waals surface area contributed by atoms with E-state index >= 15 is 0 Å². The van der Waals surface area contributed by atoms with Gasteiger partial charge in [-0.15, -0.1) is 11.3 Å². The minimum Gasteiger partial charge on any atom is -0.493 e. The molecule has 0 saturated carbocycles. The second kappa shape index (κ2) is 10.9. The number of nitrogens with zero attached hydrogens (tertiary/aromatic N) is 1. The van der Waals surface area contributed by atoms with Gasteiger partial charge < -0.3 is 14.8 Å². The summed E-state index contributed by atoms with van der Waals surface area (Å²) in [7, 11) is 0. The molecule has 0 spiro atoms. The zero-order valence-corrected chi connectivity index (χ0v) is 18.5. The highest BCUT2D eigenvalue weighted by atomic mass is 32.1. The van der Waals surface area contributed by atoms with Gasteiger partial charge in [0, 0.05) is 11.9 Å². The predicted molar refractivity (Wildman–Crippen MR) is 121 cm³/mol. The maximum absolute atomic E-state index is 12.5. The molecule has 158 valence electrons. The first-order valence-electron chi connectivity index (χ1n) is 10.2. The molecule has 0 aliphatic heterocycles. The number of nitrogens with one attached hydrogen (secondary N) is 1. The predicted octanol–water partition coefficient (Wildman–Crippen LogP) is 4.99. The van der Waals surface area contributed by atoms with Crippen molar-refractivity contribution in [3.63, 3.8) is 0 Å². The maximum atomic E-state index is 12.5. The van der Waals surface area contributed by atoms with E-state index in [2.05, 4.69) is 10.3 Å². The second-order valence-electron chi connectivity index (χ2n) is 7.16. The highest BCUT2D eigenvalue weighted by Crippen LogP contribution is 2.32. The lowest BCUT2D eigenvalue weighted by Gasteiger charge is -2.12. The van der Waals surface area contributed by atoms with Gasteiger partial charge >= 0.3 is 0 Å². The number of amides is 1. The minimum absolute atomic E-state index is 0.0514. The van der Waals surface area contributed by atoms with Gasteiger partial charge in [-0.3, -0.25) is 4.79 Å². The lowest BCUT2D eigenvalue weighted by Crippen LogP contribution is -2.25. The number of carbonyl (C=O) groups excluding carboxylic acids is 1. The van der Waals surface area contributed by atoms with E-state index in [-0.39, 0.29) is 18.4 Å². The minimum atomic E-state index is -0.0514. The molecule has 1 aromatic heterocycles. The van der Waals surface area contributed by atoms with Crippen LogP contribution in [0.2, 0.25) is 0 Å². The first-order chi connectivity index (χ1) is 14.6. The number of carbonyl (C=O) groups is 1. The summed E-state index contributed by atoms with van der Waals surface area (Å²) in [6.07, 6.45) is 0.414. The number of ether oxygens (including phenoxy) is 2. The van der Waals surface area contributed by atoms with Crippen LogP contribution in [0.1, 0.15) is 37.6 Å². The molecule has 0 aliphatic rings. The molecule has 1 N–H and O–H groups in total. The zero-order chi connectivity index (χ0) is 21.3. The smallest absolute Gasteiger partial charge is 0.226 e. The summed E-state index contributed by atoms with van der Waals surface area (Å²) < 4.78 is 11.4. The van der Waals surface area contributed by atoms with Crippen LogP contribution in [0.25, 0.3) is 10.6 Å². The van der Waals surface area contributed by atoms with Gasteiger partial charge in [-0.05, 0) is 44.0 Å². The Kier molecular flexibility index (Phi) is 7.99. The van der Waals surface area contributed by atoms with E-state index in [9.17, 15) is 4.79 Å². The van der Waals surface area contributed by atoms with Crippen LogP contribution in [0.5, 0.6) is 5.75 Å². The average Bonchev–Trinajstić information content (AvgIpc) is 3.20. The number of thiazole rings is 1. The molecule has 0 unspecified atom stereocenters. The Balaban J connectivity index is 1.60. The van der Waals surface area contributed by atoms with Crippen LogP contribution in [-0.4, -0.2) is 23.6 Å². The molecular weight excluding hydrogens is 396 g/mol. The first kappa shape index (κ1) is 22.0. The molecule has 0 atom stereocenters. The molecule has 0 aliphatic carbocycles. The van der Waals surface area contributed by atoms with Crippen LogP contribution in [-0.2, 0) is 29.1 Å². The number of rotatable bonds is 10. The Hall–Kier alpha value is -2.70. The Morgan fingerprint density at radius 3 is 2.60 bits per heavy atom. The largest absolute Gasteiger partial charge is 0.493 e. The van der Waals surface area contributed by atoms with E-state index in [0.29, 0.717) is 19.8 Å². The third-order valence-corrected chi connectivity index (χ3v) is 5.40. The third-order valence-electron chi connectivity index (χ3n) is 4.48. The highest BCUT2D eigenvalue weighted by molar-refractivity contribution is 7.13. The maximum Gasteiger partial charge on any atom is 0.226 e. The molecule has 6 heteroatoms. The molecule has 0 bridgehead atoms. The van der Waals surface area contributed by atoms with Crippen LogP contribution in [0.15, 0.2) is 53.9 Å². The van der Waals surface area contributed by atoms with Gasteiger partial charge in [0.25, 0.3) is 0 Å². The van der Waals surface area contributed by atoms with E-state index in [1.165, 1.54) is 11.3 Å². The molecule has 3 aromatic rings. The molecule has 2 aromatic carbocycles. The molecule has 0 saturated heterocycles. The van der Waals surface area contributed by atoms with Gasteiger partial charge in [-0.25, -0.2) is 4.98 Å². The molecule has 1 heterocycles. The van der Waals surface area contributed by atoms with Crippen LogP contribution in [0.4, 0.5) is 0 Å². The van der Waals surface area contributed by atoms with Gasteiger partial charge in [0.05, 0.1) is 37.0 Å². The molecule has 5 nitrogen and oxygen atoms in total. The Labute approximate surface area is 182 Å². The summed E-state index contributed by atoms with van der Waals surface area (Å²) in [5, 5.41) is 5.79. The van der Waals surface area contributed by atoms with Crippen LogP contribution in [0.3, 0.4) is 0 Å². The standard InChI is InChI=1S/C24H28N2O3S/c1-4-28-22-12-8-7-11-21(22)24-26-20(16-30-24)13-23(27)25-14-18-9-5-6-10-19(18)15-29-17(2)3/h5-12,16-17H,4,13-15H2,1-3H3,(H,25,27). The monoisotopic (exact) mass is 424 g/mol. The van der Waals surface area contributed by atoms with E-state index in [1.807, 2.05) is 74.7 Å². The van der Waals surface area contributed by atoms with Gasteiger partial charge in [0.1, 0.15) is 10.8 Å². The Morgan fingerprint density at radius 1 is 1.10 bits per heavy atom. The Bertz CT molecular complexity index is 968. The number of benzene rings is 2. The van der Waals surface area contributed by atoms with E-state index in [0.717, 1.165) is 33.1 Å². The molecular formula is C24H28N2O3S. The summed E-state index contributed by atoms with van der Waals surface area (Å²) in [6, 6.07) is 15.9. The van der Waals surface area contributed by atoms with Crippen molar-refractivity contribution in [2.45, 2.75) is 46.4 Å². The van der Waals surface area contributed by atoms with Crippen LogP contribution < -0.4 is 10.1 Å². The molecule has 0 fully saturated rings. The van der Waals surface area contributed by atoms with Gasteiger partial charge in [0.15, 0.2) is 0 Å². The summed E-state index contributed by atoms with van der Waals surface area (Å²) in [6.45, 7) is 7.60. The number of aromatic nitrogens is 1. The fraction of sp³-hybridized carbons (Fsp3) is 0.333. The van der Waals surface area contributed by atoms with Crippen molar-refractivity contribution < 1.29 is 14.3 Å². The molecule has 0 radical (unpaired) electrons. The van der Waals surface area contributed by atoms with Crippen LogP contribution >= 0.6 is 11.3 Å². The summed E-state index contributed by atoms with van der Waals surface area (Å²) in [5.41, 5.74) is 3.87. The van der Waals surface area contributed by atoms with Gasteiger partial charge in [0.2, 0.25) is 5.91 Å². The lowest BCUT2D eigenvalue weighted by atomic mass is 10.1. The normalized spacial score (nSPS) is 10.9. The van der Waals surface area contributed by atoms with E-state index in [1.54, 1.807) is 0 Å². The van der Waals surface area contributed by atoms with Crippen molar-refractivity contribution in [1.82, 2.24) is 10.3 Å². The molecule has 1 amide bonds. The SMILES string of the molecule is CCOc1ccccc1-c1nc(CC(=O)NCc2ccccc2COC(C)C)cs1. The zero-order valence-electron chi connectivity index (χ0n) is 17.7. The highest BCUT2D eigenvalue weighted by Gasteiger charge is 2.13. The molecule has 30 heavy (non-hydrogen) atoms. The van der Waals surface area contributed by atoms with Crippen molar-refractivity contribution in [1.29, 1.82) is 0 Å². The van der Waals surface area contributed by atoms with Crippen molar-refractivity contribution in [2.75, 3.05) is 6.61 Å². The first-order valence-corrected chi connectivity index (χ1v) is 11.1. The quantitative estimate of drug-likeness (QED) is 0.498. The summed E-state index contributed by atoms with van der Waals surface area (Å²) >= 11 is 1.52. The van der Waals surface area contributed by atoms with E-state index in [4.69, 9.17) is 9.47 Å². The average molecular weight is 425 g/mol. The third kappa shape index (κ3) is 6.15. The summed E-state index contributed by atoms with van der Waals surface area (Å²) in [4.78, 5) is 17.1. The summed E-state index contributed by atoms with van der Waals surface area (Å²) in [5.74, 6) is 0.759. The number of hydrogen-bond acceptors (Lipinski definition) is 5. The van der Waals surface area contributed by atoms with Crippen molar-refractivity contribution in [2.24, 2.45) is 0 Å². The van der Waals surface area contributed by atoms with Crippen molar-refractivity contribution >= 4 is 17.2 Å². The topological polar surface area (TPSA) is 60.5 Å². The number of hydrogen-bond donors (Lipinski definition) is 1. The van der Waals surface area contributed by atoms with E-state index < -0.39 is 0 Å². The van der Waals surface area contributed by atoms with Gasteiger partial charge in [-0.2, -0.15) is 0 Å². The fourth-order valence-electron chi connectivity index (χ4n) is 2.98. The molecule has 3 rings (SSSR count). The number of para-hydroxylation sites is 1. The lowest BCUT2D eigenvalue weighted by molar-refractivity contribution is -0.120. The van der Waals surface area contributed by atoms with Crippen molar-refractivity contribution in [3.05, 3.63) is 70.7 Å². The Morgan fingerprint density at radius 2 is 1.83 bits per heavy atom.